The maximum Gasteiger partial charge on any atom is 0.129 e. The van der Waals surface area contributed by atoms with E-state index in [1.165, 1.54) is 16.9 Å². The Balaban J connectivity index is 1.90. The van der Waals surface area contributed by atoms with Crippen molar-refractivity contribution in [2.45, 2.75) is 6.42 Å². The molecule has 1 heterocycles. The van der Waals surface area contributed by atoms with E-state index < -0.39 is 0 Å². The first-order chi connectivity index (χ1) is 9.22. The van der Waals surface area contributed by atoms with Crippen LogP contribution in [-0.4, -0.2) is 13.7 Å². The van der Waals surface area contributed by atoms with Crippen molar-refractivity contribution < 1.29 is 4.74 Å². The second-order valence-corrected chi connectivity index (χ2v) is 5.09. The summed E-state index contributed by atoms with van der Waals surface area (Å²) in [5.41, 5.74) is 7.45. The summed E-state index contributed by atoms with van der Waals surface area (Å²) < 4.78 is 5.18. The minimum Gasteiger partial charge on any atom is -0.497 e. The lowest BCUT2D eigenvalue weighted by Crippen LogP contribution is -2.03. The van der Waals surface area contributed by atoms with Crippen LogP contribution in [0.15, 0.2) is 30.3 Å². The van der Waals surface area contributed by atoms with Gasteiger partial charge in [-0.2, -0.15) is 5.26 Å². The predicted molar refractivity (Wildman–Crippen MR) is 78.6 cm³/mol. The zero-order valence-corrected chi connectivity index (χ0v) is 11.5. The summed E-state index contributed by atoms with van der Waals surface area (Å²) in [7, 11) is 1.66. The Bertz CT molecular complexity index is 601. The van der Waals surface area contributed by atoms with E-state index in [-0.39, 0.29) is 0 Å². The zero-order valence-electron chi connectivity index (χ0n) is 10.6. The van der Waals surface area contributed by atoms with Gasteiger partial charge in [0.05, 0.1) is 17.8 Å². The lowest BCUT2D eigenvalue weighted by Gasteiger charge is -2.05. The summed E-state index contributed by atoms with van der Waals surface area (Å²) >= 11 is 1.38. The highest BCUT2D eigenvalue weighted by molar-refractivity contribution is 7.17. The Kier molecular flexibility index (Phi) is 4.26. The van der Waals surface area contributed by atoms with Gasteiger partial charge in [0.1, 0.15) is 16.7 Å². The van der Waals surface area contributed by atoms with Gasteiger partial charge >= 0.3 is 0 Å². The van der Waals surface area contributed by atoms with Crippen molar-refractivity contribution in [2.75, 3.05) is 24.7 Å². The smallest absolute Gasteiger partial charge is 0.129 e. The van der Waals surface area contributed by atoms with E-state index in [1.807, 2.05) is 18.2 Å². The topological polar surface area (TPSA) is 71.1 Å². The van der Waals surface area contributed by atoms with Crippen LogP contribution in [0, 0.1) is 11.3 Å². The van der Waals surface area contributed by atoms with Crippen molar-refractivity contribution in [1.29, 1.82) is 5.26 Å². The molecule has 0 saturated heterocycles. The van der Waals surface area contributed by atoms with Crippen LogP contribution >= 0.6 is 11.3 Å². The van der Waals surface area contributed by atoms with Gasteiger partial charge < -0.3 is 15.8 Å². The number of hydrogen-bond donors (Lipinski definition) is 2. The quantitative estimate of drug-likeness (QED) is 0.878. The number of nitrogen functional groups attached to an aromatic ring is 1. The van der Waals surface area contributed by atoms with Crippen LogP contribution in [0.4, 0.5) is 10.7 Å². The van der Waals surface area contributed by atoms with Gasteiger partial charge in [-0.15, -0.1) is 11.3 Å². The number of nitriles is 1. The first-order valence-corrected chi connectivity index (χ1v) is 6.71. The number of nitrogens with one attached hydrogen (secondary N) is 1. The van der Waals surface area contributed by atoms with E-state index in [2.05, 4.69) is 17.5 Å². The van der Waals surface area contributed by atoms with Gasteiger partial charge in [-0.05, 0) is 30.2 Å². The largest absolute Gasteiger partial charge is 0.497 e. The summed E-state index contributed by atoms with van der Waals surface area (Å²) in [6.07, 6.45) is 0.886. The van der Waals surface area contributed by atoms with Crippen LogP contribution in [0.25, 0.3) is 0 Å². The van der Waals surface area contributed by atoms with Gasteiger partial charge in [-0.25, -0.2) is 0 Å². The summed E-state index contributed by atoms with van der Waals surface area (Å²) in [5.74, 6) is 0.865. The monoisotopic (exact) mass is 273 g/mol. The van der Waals surface area contributed by atoms with Crippen molar-refractivity contribution in [1.82, 2.24) is 0 Å². The Morgan fingerprint density at radius 1 is 1.42 bits per heavy atom. The highest BCUT2D eigenvalue weighted by Crippen LogP contribution is 2.28. The molecule has 0 unspecified atom stereocenters. The molecular weight excluding hydrogens is 258 g/mol. The first-order valence-electron chi connectivity index (χ1n) is 5.89. The molecule has 0 radical (unpaired) electrons. The molecule has 0 bridgehead atoms. The van der Waals surface area contributed by atoms with Gasteiger partial charge in [-0.1, -0.05) is 12.1 Å². The minimum absolute atomic E-state index is 0.538. The number of rotatable bonds is 5. The average Bonchev–Trinajstić information content (AvgIpc) is 2.79. The summed E-state index contributed by atoms with van der Waals surface area (Å²) in [5, 5.41) is 13.0. The maximum absolute atomic E-state index is 8.83. The highest BCUT2D eigenvalue weighted by Gasteiger charge is 2.04. The van der Waals surface area contributed by atoms with Crippen LogP contribution in [0.5, 0.6) is 5.75 Å². The fourth-order valence-corrected chi connectivity index (χ4v) is 2.54. The molecule has 0 aliphatic carbocycles. The summed E-state index contributed by atoms with van der Waals surface area (Å²) in [6.45, 7) is 0.790. The van der Waals surface area contributed by atoms with Crippen LogP contribution in [0.3, 0.4) is 0 Å². The van der Waals surface area contributed by atoms with Gasteiger partial charge in [0, 0.05) is 6.54 Å². The van der Waals surface area contributed by atoms with E-state index >= 15 is 0 Å². The van der Waals surface area contributed by atoms with Gasteiger partial charge in [-0.3, -0.25) is 0 Å². The lowest BCUT2D eigenvalue weighted by molar-refractivity contribution is 0.414. The molecule has 1 aromatic heterocycles. The molecule has 0 saturated carbocycles. The van der Waals surface area contributed by atoms with Gasteiger partial charge in [0.2, 0.25) is 0 Å². The first kappa shape index (κ1) is 13.2. The molecule has 4 nitrogen and oxygen atoms in total. The number of nitrogens with zero attached hydrogens (tertiary/aromatic N) is 1. The molecule has 0 aliphatic rings. The van der Waals surface area contributed by atoms with Gasteiger partial charge in [0.15, 0.2) is 0 Å². The van der Waals surface area contributed by atoms with E-state index in [1.54, 1.807) is 13.2 Å². The molecule has 19 heavy (non-hydrogen) atoms. The number of methoxy groups -OCH3 is 1. The third-order valence-corrected chi connectivity index (χ3v) is 3.72. The lowest BCUT2D eigenvalue weighted by atomic mass is 10.1. The van der Waals surface area contributed by atoms with E-state index in [4.69, 9.17) is 15.7 Å². The fourth-order valence-electron chi connectivity index (χ4n) is 1.74. The summed E-state index contributed by atoms with van der Waals surface area (Å²) in [4.78, 5) is 0.559. The van der Waals surface area contributed by atoms with E-state index in [0.717, 1.165) is 23.7 Å². The van der Waals surface area contributed by atoms with Crippen molar-refractivity contribution in [3.05, 3.63) is 40.8 Å². The third-order valence-electron chi connectivity index (χ3n) is 2.71. The van der Waals surface area contributed by atoms with Crippen LogP contribution < -0.4 is 15.8 Å². The van der Waals surface area contributed by atoms with Crippen molar-refractivity contribution in [2.24, 2.45) is 0 Å². The zero-order chi connectivity index (χ0) is 13.7. The molecule has 0 spiro atoms. The number of nitrogens with two attached hydrogens (primary N) is 1. The highest BCUT2D eigenvalue weighted by atomic mass is 32.1. The molecule has 1 aromatic carbocycles. The molecule has 5 heteroatoms. The predicted octanol–water partition coefficient (Wildman–Crippen LogP) is 2.87. The Morgan fingerprint density at radius 3 is 2.95 bits per heavy atom. The maximum atomic E-state index is 8.83. The second-order valence-electron chi connectivity index (χ2n) is 4.04. The van der Waals surface area contributed by atoms with Crippen LogP contribution in [-0.2, 0) is 6.42 Å². The molecule has 2 rings (SSSR count). The normalized spacial score (nSPS) is 9.89. The van der Waals surface area contributed by atoms with Gasteiger partial charge in [0.25, 0.3) is 0 Å². The Labute approximate surface area is 116 Å². The van der Waals surface area contributed by atoms with Crippen molar-refractivity contribution in [3.63, 3.8) is 0 Å². The van der Waals surface area contributed by atoms with E-state index in [0.29, 0.717) is 10.6 Å². The molecular formula is C14H15N3OS. The Hall–Kier alpha value is -2.19. The fraction of sp³-hybridized carbons (Fsp3) is 0.214. The Morgan fingerprint density at radius 2 is 2.26 bits per heavy atom. The molecule has 2 aromatic rings. The minimum atomic E-state index is 0.538. The van der Waals surface area contributed by atoms with Crippen LogP contribution in [0.2, 0.25) is 0 Å². The number of benzene rings is 1. The molecule has 3 N–H and O–H groups in total. The van der Waals surface area contributed by atoms with Crippen LogP contribution in [0.1, 0.15) is 10.4 Å². The molecule has 0 fully saturated rings. The molecule has 0 atom stereocenters. The number of anilines is 2. The SMILES string of the molecule is COc1cccc(CCNc2cc(N)c(C#N)s2)c1. The molecule has 0 aliphatic heterocycles. The number of thiophene rings is 1. The number of hydrogen-bond acceptors (Lipinski definition) is 5. The van der Waals surface area contributed by atoms with E-state index in [9.17, 15) is 0 Å². The number of ether oxygens (including phenoxy) is 1. The molecule has 98 valence electrons. The van der Waals surface area contributed by atoms with Crippen molar-refractivity contribution in [3.8, 4) is 11.8 Å². The summed E-state index contributed by atoms with van der Waals surface area (Å²) in [6, 6.07) is 11.9. The third kappa shape index (κ3) is 3.39. The second kappa shape index (κ2) is 6.12. The van der Waals surface area contributed by atoms with Crippen molar-refractivity contribution >= 4 is 22.0 Å². The average molecular weight is 273 g/mol. The molecule has 0 amide bonds. The standard InChI is InChI=1S/C14H15N3OS/c1-18-11-4-2-3-10(7-11)5-6-17-14-8-12(16)13(9-15)19-14/h2-4,7-8,17H,5-6,16H2,1H3.